The van der Waals surface area contributed by atoms with Gasteiger partial charge in [0.1, 0.15) is 46.8 Å². The highest BCUT2D eigenvalue weighted by atomic mass is 32.1. The third-order valence-electron chi connectivity index (χ3n) is 12.9. The maximum atomic E-state index is 14.9. The zero-order valence-electron chi connectivity index (χ0n) is 37.1. The lowest BCUT2D eigenvalue weighted by atomic mass is 10.0. The first kappa shape index (κ1) is 47.3. The predicted molar refractivity (Wildman–Crippen MR) is 245 cm³/mol. The Balaban J connectivity index is 1.14. The average Bonchev–Trinajstić information content (AvgIpc) is 3.68. The number of carbonyl (C=O) groups is 3. The van der Waals surface area contributed by atoms with Crippen molar-refractivity contribution in [1.29, 1.82) is 0 Å². The number of carbonyl (C=O) groups excluding carboxylic acids is 3. The summed E-state index contributed by atoms with van der Waals surface area (Å²) in [6, 6.07) is 9.53. The second-order valence-electron chi connectivity index (χ2n) is 18.0. The van der Waals surface area contributed by atoms with Crippen molar-refractivity contribution in [3.05, 3.63) is 77.2 Å². The number of hydrogen-bond donors (Lipinski definition) is 4. The molecule has 2 aromatic carbocycles. The molecule has 8 rings (SSSR count). The number of ether oxygens (including phenoxy) is 3. The Labute approximate surface area is 385 Å². The number of alkyl carbamates (subject to hydrolysis) is 1. The van der Waals surface area contributed by atoms with Crippen molar-refractivity contribution in [2.45, 2.75) is 132 Å². The molecule has 1 unspecified atom stereocenters. The summed E-state index contributed by atoms with van der Waals surface area (Å²) in [6.45, 7) is 3.91. The standard InChI is InChI=1S/C47H56F3N6O8PS/c1-28(2)51-44-53-39(27-66-44)38-23-41(34-20-19-32(62-3)21-37(34)52-38)63-33-22-40-42(57)55-46(65(60,61)26-29-13-9-12-17-35(29)47(48,49)50)24-30(46)14-7-5-4-6-8-18-36(43(58)56(40)25-33)54-45(59)64-31-15-10-11-16-31/h7,9,12-14,17,19-21,23,27-28,30-31,33,36,40H,4-6,8,10-11,15-16,18,22,24-26H2,1-3H3,(H,51,53)(H,54,59)(H,55,57)(H,60,61)/b14-7-/t30-,33+,36-,40-,46-/m0/s1. The van der Waals surface area contributed by atoms with E-state index in [4.69, 9.17) is 24.2 Å². The first-order valence-electron chi connectivity index (χ1n) is 22.6. The Morgan fingerprint density at radius 1 is 1.03 bits per heavy atom. The molecule has 3 amide bonds. The van der Waals surface area contributed by atoms with Gasteiger partial charge in [-0.05, 0) is 89.0 Å². The van der Waals surface area contributed by atoms with Crippen LogP contribution in [0, 0.1) is 5.92 Å². The molecular formula is C47H56F3N6O8PS. The summed E-state index contributed by atoms with van der Waals surface area (Å²) in [5.74, 6) is -1.01. The minimum Gasteiger partial charge on any atom is -0.497 e. The van der Waals surface area contributed by atoms with E-state index in [-0.39, 0.29) is 43.5 Å². The molecule has 4 aromatic rings. The van der Waals surface area contributed by atoms with Gasteiger partial charge in [0.05, 0.1) is 36.6 Å². The Bertz CT molecular complexity index is 2520. The number of anilines is 1. The van der Waals surface area contributed by atoms with Gasteiger partial charge in [0.25, 0.3) is 0 Å². The topological polar surface area (TPSA) is 181 Å². The summed E-state index contributed by atoms with van der Waals surface area (Å²) in [4.78, 5) is 66.0. The van der Waals surface area contributed by atoms with Crippen LogP contribution in [0.5, 0.6) is 11.5 Å². The third kappa shape index (κ3) is 10.5. The SMILES string of the molecule is COc1ccc2c(O[C@@H]3C[C@H]4C(=O)N[C@]5(P(=O)(O)Cc6ccccc6C(F)(F)F)C[C@@H]5/C=C\CCCCC[C@H](NC(=O)OC5CCCC5)C(=O)N4C3)cc(-c3csc(NC(C)C)n3)nc2c1. The van der Waals surface area contributed by atoms with Crippen molar-refractivity contribution in [3.63, 3.8) is 0 Å². The van der Waals surface area contributed by atoms with Gasteiger partial charge in [-0.2, -0.15) is 13.2 Å². The fourth-order valence-electron chi connectivity index (χ4n) is 9.37. The number of nitrogens with zero attached hydrogens (tertiary/aromatic N) is 3. The highest BCUT2D eigenvalue weighted by Crippen LogP contribution is 2.71. The first-order chi connectivity index (χ1) is 31.5. The lowest BCUT2D eigenvalue weighted by molar-refractivity contribution is -0.140. The summed E-state index contributed by atoms with van der Waals surface area (Å²) in [6.07, 6.45) is 2.28. The molecule has 1 saturated heterocycles. The van der Waals surface area contributed by atoms with Gasteiger partial charge < -0.3 is 40.0 Å². The smallest absolute Gasteiger partial charge is 0.416 e. The maximum Gasteiger partial charge on any atom is 0.416 e. The quantitative estimate of drug-likeness (QED) is 0.0831. The Morgan fingerprint density at radius 3 is 2.56 bits per heavy atom. The van der Waals surface area contributed by atoms with Crippen molar-refractivity contribution in [2.75, 3.05) is 19.0 Å². The van der Waals surface area contributed by atoms with Crippen LogP contribution in [0.3, 0.4) is 0 Å². The van der Waals surface area contributed by atoms with Crippen LogP contribution in [0.25, 0.3) is 22.3 Å². The second kappa shape index (κ2) is 19.6. The molecule has 19 heteroatoms. The Hall–Kier alpha value is -5.19. The number of amides is 3. The molecule has 2 aliphatic heterocycles. The van der Waals surface area contributed by atoms with Crippen LogP contribution >= 0.6 is 18.7 Å². The van der Waals surface area contributed by atoms with Crippen molar-refractivity contribution >= 4 is 52.6 Å². The van der Waals surface area contributed by atoms with Gasteiger partial charge >= 0.3 is 12.3 Å². The second-order valence-corrected chi connectivity index (χ2v) is 21.4. The van der Waals surface area contributed by atoms with Gasteiger partial charge in [-0.3, -0.25) is 14.2 Å². The predicted octanol–water partition coefficient (Wildman–Crippen LogP) is 9.42. The van der Waals surface area contributed by atoms with Crippen LogP contribution in [0.1, 0.15) is 95.6 Å². The molecule has 0 bridgehead atoms. The van der Waals surface area contributed by atoms with Crippen molar-refractivity contribution in [2.24, 2.45) is 5.92 Å². The van der Waals surface area contributed by atoms with E-state index in [9.17, 15) is 37.0 Å². The molecule has 0 radical (unpaired) electrons. The summed E-state index contributed by atoms with van der Waals surface area (Å²) in [5, 5.41) is 10.3. The molecule has 2 saturated carbocycles. The number of nitrogens with one attached hydrogen (secondary N) is 3. The highest BCUT2D eigenvalue weighted by molar-refractivity contribution is 7.59. The fourth-order valence-corrected chi connectivity index (χ4v) is 12.6. The minimum absolute atomic E-state index is 0.00918. The number of halogens is 3. The van der Waals surface area contributed by atoms with E-state index in [1.165, 1.54) is 34.4 Å². The number of thiazole rings is 1. The lowest BCUT2D eigenvalue weighted by Crippen LogP contribution is -2.55. The van der Waals surface area contributed by atoms with Crippen LogP contribution in [0.2, 0.25) is 0 Å². The van der Waals surface area contributed by atoms with Crippen molar-refractivity contribution in [1.82, 2.24) is 25.5 Å². The van der Waals surface area contributed by atoms with Gasteiger partial charge in [0.15, 0.2) is 5.13 Å². The highest BCUT2D eigenvalue weighted by Gasteiger charge is 2.66. The van der Waals surface area contributed by atoms with E-state index in [0.29, 0.717) is 64.6 Å². The summed E-state index contributed by atoms with van der Waals surface area (Å²) < 4.78 is 75.1. The average molecular weight is 953 g/mol. The molecule has 14 nitrogen and oxygen atoms in total. The monoisotopic (exact) mass is 952 g/mol. The van der Waals surface area contributed by atoms with Gasteiger partial charge in [-0.25, -0.2) is 14.8 Å². The molecule has 354 valence electrons. The van der Waals surface area contributed by atoms with E-state index in [1.807, 2.05) is 25.3 Å². The van der Waals surface area contributed by atoms with Crippen LogP contribution in [-0.4, -0.2) is 86.9 Å². The van der Waals surface area contributed by atoms with E-state index in [2.05, 4.69) is 16.0 Å². The number of allylic oxidation sites excluding steroid dienone is 1. The first-order valence-corrected chi connectivity index (χ1v) is 25.4. The molecular weight excluding hydrogens is 897 g/mol. The van der Waals surface area contributed by atoms with Crippen LogP contribution in [-0.2, 0) is 31.2 Å². The molecule has 2 aliphatic carbocycles. The molecule has 4 aliphatic rings. The van der Waals surface area contributed by atoms with Crippen LogP contribution in [0.15, 0.2) is 66.1 Å². The van der Waals surface area contributed by atoms with E-state index >= 15 is 0 Å². The van der Waals surface area contributed by atoms with E-state index < -0.39 is 72.6 Å². The fraction of sp³-hybridized carbons (Fsp3) is 0.511. The lowest BCUT2D eigenvalue weighted by Gasteiger charge is -2.31. The normalized spacial score (nSPS) is 25.5. The molecule has 0 spiro atoms. The maximum absolute atomic E-state index is 14.9. The summed E-state index contributed by atoms with van der Waals surface area (Å²) in [7, 11) is -3.11. The number of rotatable bonds is 11. The molecule has 2 aromatic heterocycles. The largest absolute Gasteiger partial charge is 0.497 e. The van der Waals surface area contributed by atoms with Crippen molar-refractivity contribution < 1.29 is 51.2 Å². The van der Waals surface area contributed by atoms with E-state index in [1.54, 1.807) is 37.5 Å². The third-order valence-corrected chi connectivity index (χ3v) is 16.3. The minimum atomic E-state index is -4.78. The zero-order valence-corrected chi connectivity index (χ0v) is 38.9. The number of fused-ring (bicyclic) bond motifs is 3. The zero-order chi connectivity index (χ0) is 46.8. The number of hydrogen-bond acceptors (Lipinski definition) is 11. The molecule has 4 heterocycles. The van der Waals surface area contributed by atoms with Gasteiger partial charge in [-0.1, -0.05) is 43.2 Å². The van der Waals surface area contributed by atoms with Crippen molar-refractivity contribution in [3.8, 4) is 22.9 Å². The van der Waals surface area contributed by atoms with E-state index in [0.717, 1.165) is 31.7 Å². The molecule has 6 atom stereocenters. The molecule has 66 heavy (non-hydrogen) atoms. The number of pyridine rings is 1. The number of aromatic nitrogens is 2. The van der Waals surface area contributed by atoms with Gasteiger partial charge in [-0.15, -0.1) is 11.3 Å². The van der Waals surface area contributed by atoms with Gasteiger partial charge in [0.2, 0.25) is 19.2 Å². The molecule has 3 fully saturated rings. The summed E-state index contributed by atoms with van der Waals surface area (Å²) >= 11 is 1.43. The number of alkyl halides is 3. The van der Waals surface area contributed by atoms with Crippen LogP contribution in [0.4, 0.5) is 23.1 Å². The number of benzene rings is 2. The number of methoxy groups -OCH3 is 1. The van der Waals surface area contributed by atoms with Gasteiger partial charge in [0, 0.05) is 41.3 Å². The molecule has 4 N–H and O–H groups in total. The summed E-state index contributed by atoms with van der Waals surface area (Å²) in [5.41, 5.74) is 0.249. The Morgan fingerprint density at radius 2 is 1.80 bits per heavy atom. The van der Waals surface area contributed by atoms with Crippen LogP contribution < -0.4 is 25.4 Å². The Kier molecular flexibility index (Phi) is 14.0.